The second-order valence-corrected chi connectivity index (χ2v) is 8.33. The topological polar surface area (TPSA) is 108 Å². The fraction of sp³-hybridized carbons (Fsp3) is 0.400. The Morgan fingerprint density at radius 3 is 2.47 bits per heavy atom. The van der Waals surface area contributed by atoms with E-state index >= 15 is 0 Å². The standard InChI is InChI=1S/C25H30N4O3/c1-17(28-25(27)31)13-23-14-21(7-8-22(23)16-32-2)24(30)29-11-9-20(10-12-29)19-5-3-18(15-26)4-6-19/h3-8,14,17,20H,9-13,16H2,1-2H3,(H3,27,28,31). The number of likely N-dealkylation sites (tertiary alicyclic amines) is 1. The molecule has 1 aliphatic heterocycles. The van der Waals surface area contributed by atoms with Crippen molar-refractivity contribution in [3.05, 3.63) is 70.3 Å². The normalized spacial score (nSPS) is 15.1. The fourth-order valence-corrected chi connectivity index (χ4v) is 4.30. The fourth-order valence-electron chi connectivity index (χ4n) is 4.30. The number of nitrogens with zero attached hydrogens (tertiary/aromatic N) is 2. The van der Waals surface area contributed by atoms with Gasteiger partial charge in [0, 0.05) is 31.8 Å². The lowest BCUT2D eigenvalue weighted by Gasteiger charge is -2.32. The maximum Gasteiger partial charge on any atom is 0.312 e. The van der Waals surface area contributed by atoms with Crippen LogP contribution >= 0.6 is 0 Å². The average molecular weight is 435 g/mol. The Balaban J connectivity index is 1.68. The second-order valence-electron chi connectivity index (χ2n) is 8.33. The molecule has 0 saturated carbocycles. The Bertz CT molecular complexity index is 989. The highest BCUT2D eigenvalue weighted by Crippen LogP contribution is 2.29. The highest BCUT2D eigenvalue weighted by molar-refractivity contribution is 5.94. The number of carbonyl (C=O) groups is 2. The van der Waals surface area contributed by atoms with Gasteiger partial charge >= 0.3 is 6.03 Å². The van der Waals surface area contributed by atoms with Crippen LogP contribution < -0.4 is 11.1 Å². The van der Waals surface area contributed by atoms with Gasteiger partial charge in [-0.25, -0.2) is 4.79 Å². The minimum atomic E-state index is -0.567. The predicted octanol–water partition coefficient (Wildman–Crippen LogP) is 3.32. The van der Waals surface area contributed by atoms with Crippen molar-refractivity contribution in [1.82, 2.24) is 10.2 Å². The summed E-state index contributed by atoms with van der Waals surface area (Å²) >= 11 is 0. The first-order chi connectivity index (χ1) is 15.4. The van der Waals surface area contributed by atoms with Gasteiger partial charge in [-0.1, -0.05) is 18.2 Å². The number of benzene rings is 2. The van der Waals surface area contributed by atoms with E-state index in [2.05, 4.69) is 11.4 Å². The quantitative estimate of drug-likeness (QED) is 0.697. The number of urea groups is 1. The lowest BCUT2D eigenvalue weighted by Crippen LogP contribution is -2.38. The summed E-state index contributed by atoms with van der Waals surface area (Å²) in [7, 11) is 1.63. The summed E-state index contributed by atoms with van der Waals surface area (Å²) in [6, 6.07) is 14.8. The van der Waals surface area contributed by atoms with Crippen molar-refractivity contribution in [3.8, 4) is 6.07 Å². The van der Waals surface area contributed by atoms with Gasteiger partial charge in [-0.05, 0) is 73.1 Å². The molecule has 3 N–H and O–H groups in total. The molecule has 3 rings (SSSR count). The van der Waals surface area contributed by atoms with Gasteiger partial charge in [-0.15, -0.1) is 0 Å². The molecule has 2 aromatic carbocycles. The van der Waals surface area contributed by atoms with Crippen LogP contribution in [0.4, 0.5) is 4.79 Å². The number of nitrogens with two attached hydrogens (primary N) is 1. The van der Waals surface area contributed by atoms with Gasteiger partial charge in [-0.2, -0.15) is 5.26 Å². The predicted molar refractivity (Wildman–Crippen MR) is 122 cm³/mol. The molecule has 1 aliphatic rings. The van der Waals surface area contributed by atoms with Crippen molar-refractivity contribution in [2.75, 3.05) is 20.2 Å². The minimum Gasteiger partial charge on any atom is -0.380 e. The minimum absolute atomic E-state index is 0.0176. The van der Waals surface area contributed by atoms with Crippen LogP contribution in [0.15, 0.2) is 42.5 Å². The summed E-state index contributed by atoms with van der Waals surface area (Å²) in [5.41, 5.74) is 9.71. The average Bonchev–Trinajstić information content (AvgIpc) is 2.79. The summed E-state index contributed by atoms with van der Waals surface area (Å²) in [5.74, 6) is 0.413. The molecule has 1 saturated heterocycles. The van der Waals surface area contributed by atoms with Crippen LogP contribution in [0.25, 0.3) is 0 Å². The van der Waals surface area contributed by atoms with Gasteiger partial charge in [0.1, 0.15) is 0 Å². The highest BCUT2D eigenvalue weighted by Gasteiger charge is 2.25. The van der Waals surface area contributed by atoms with Crippen LogP contribution in [-0.2, 0) is 17.8 Å². The third-order valence-corrected chi connectivity index (χ3v) is 5.96. The van der Waals surface area contributed by atoms with Crippen molar-refractivity contribution in [3.63, 3.8) is 0 Å². The van der Waals surface area contributed by atoms with Crippen molar-refractivity contribution in [1.29, 1.82) is 5.26 Å². The Morgan fingerprint density at radius 1 is 1.19 bits per heavy atom. The summed E-state index contributed by atoms with van der Waals surface area (Å²) in [6.07, 6.45) is 2.35. The number of amides is 3. The molecule has 0 aromatic heterocycles. The molecule has 2 aromatic rings. The van der Waals surface area contributed by atoms with Crippen LogP contribution in [0.1, 0.15) is 58.3 Å². The molecule has 7 heteroatoms. The van der Waals surface area contributed by atoms with E-state index < -0.39 is 6.03 Å². The first-order valence-electron chi connectivity index (χ1n) is 10.9. The molecular formula is C25H30N4O3. The molecule has 0 aliphatic carbocycles. The first kappa shape index (κ1) is 23.3. The number of nitrogens with one attached hydrogen (secondary N) is 1. The molecule has 3 amide bonds. The van der Waals surface area contributed by atoms with E-state index in [4.69, 9.17) is 15.7 Å². The number of primary amides is 1. The van der Waals surface area contributed by atoms with Gasteiger partial charge < -0.3 is 20.7 Å². The second kappa shape index (κ2) is 10.8. The first-order valence-corrected chi connectivity index (χ1v) is 10.9. The Kier molecular flexibility index (Phi) is 7.85. The molecule has 7 nitrogen and oxygen atoms in total. The lowest BCUT2D eigenvalue weighted by atomic mass is 9.88. The maximum absolute atomic E-state index is 13.2. The molecule has 1 unspecified atom stereocenters. The number of piperidine rings is 1. The maximum atomic E-state index is 13.2. The zero-order chi connectivity index (χ0) is 23.1. The monoisotopic (exact) mass is 434 g/mol. The van der Waals surface area contributed by atoms with Crippen molar-refractivity contribution in [2.24, 2.45) is 5.73 Å². The smallest absolute Gasteiger partial charge is 0.312 e. The van der Waals surface area contributed by atoms with E-state index in [1.807, 2.05) is 54.3 Å². The summed E-state index contributed by atoms with van der Waals surface area (Å²) in [5, 5.41) is 11.7. The van der Waals surface area contributed by atoms with Crippen LogP contribution in [-0.4, -0.2) is 43.1 Å². The molecule has 0 bridgehead atoms. The third kappa shape index (κ3) is 5.86. The Labute approximate surface area is 189 Å². The zero-order valence-electron chi connectivity index (χ0n) is 18.6. The van der Waals surface area contributed by atoms with Crippen LogP contribution in [0.2, 0.25) is 0 Å². The number of nitriles is 1. The van der Waals surface area contributed by atoms with Crippen molar-refractivity contribution >= 4 is 11.9 Å². The number of hydrogen-bond donors (Lipinski definition) is 2. The van der Waals surface area contributed by atoms with Crippen molar-refractivity contribution in [2.45, 2.75) is 44.8 Å². The van der Waals surface area contributed by atoms with Crippen molar-refractivity contribution < 1.29 is 14.3 Å². The van der Waals surface area contributed by atoms with E-state index in [0.29, 0.717) is 43.2 Å². The number of hydrogen-bond acceptors (Lipinski definition) is 4. The molecule has 1 atom stereocenters. The van der Waals surface area contributed by atoms with Crippen LogP contribution in [0.3, 0.4) is 0 Å². The lowest BCUT2D eigenvalue weighted by molar-refractivity contribution is 0.0712. The largest absolute Gasteiger partial charge is 0.380 e. The Morgan fingerprint density at radius 2 is 1.88 bits per heavy atom. The third-order valence-electron chi connectivity index (χ3n) is 5.96. The van der Waals surface area contributed by atoms with Gasteiger partial charge in [0.25, 0.3) is 5.91 Å². The van der Waals surface area contributed by atoms with Gasteiger partial charge in [0.05, 0.1) is 18.2 Å². The number of rotatable bonds is 7. The molecule has 1 fully saturated rings. The van der Waals surface area contributed by atoms with E-state index in [9.17, 15) is 9.59 Å². The molecule has 168 valence electrons. The van der Waals surface area contributed by atoms with E-state index in [0.717, 1.165) is 24.0 Å². The zero-order valence-corrected chi connectivity index (χ0v) is 18.6. The van der Waals surface area contributed by atoms with Gasteiger partial charge in [-0.3, -0.25) is 4.79 Å². The van der Waals surface area contributed by atoms with E-state index in [-0.39, 0.29) is 11.9 Å². The van der Waals surface area contributed by atoms with Gasteiger partial charge in [0.2, 0.25) is 0 Å². The molecule has 32 heavy (non-hydrogen) atoms. The molecule has 1 heterocycles. The Hall–Kier alpha value is -3.37. The van der Waals surface area contributed by atoms with E-state index in [1.54, 1.807) is 7.11 Å². The highest BCUT2D eigenvalue weighted by atomic mass is 16.5. The molecule has 0 radical (unpaired) electrons. The SMILES string of the molecule is COCc1ccc(C(=O)N2CCC(c3ccc(C#N)cc3)CC2)cc1CC(C)NC(N)=O. The number of carbonyl (C=O) groups excluding carboxylic acids is 2. The van der Waals surface area contributed by atoms with E-state index in [1.165, 1.54) is 5.56 Å². The summed E-state index contributed by atoms with van der Waals surface area (Å²) in [6.45, 7) is 3.70. The summed E-state index contributed by atoms with van der Waals surface area (Å²) < 4.78 is 5.29. The van der Waals surface area contributed by atoms with Gasteiger partial charge in [0.15, 0.2) is 0 Å². The molecule has 0 spiro atoms. The van der Waals surface area contributed by atoms with Crippen LogP contribution in [0.5, 0.6) is 0 Å². The van der Waals surface area contributed by atoms with Crippen LogP contribution in [0, 0.1) is 11.3 Å². The number of ether oxygens (including phenoxy) is 1. The summed E-state index contributed by atoms with van der Waals surface area (Å²) in [4.78, 5) is 26.2. The number of methoxy groups -OCH3 is 1. The molecular weight excluding hydrogens is 404 g/mol.